The Morgan fingerprint density at radius 2 is 1.75 bits per heavy atom. The predicted octanol–water partition coefficient (Wildman–Crippen LogP) is 5.05. The first kappa shape index (κ1) is 19.3. The minimum Gasteiger partial charge on any atom is -0.300 e. The van der Waals surface area contributed by atoms with Gasteiger partial charge in [0.25, 0.3) is 0 Å². The molecule has 0 aromatic rings. The van der Waals surface area contributed by atoms with Gasteiger partial charge in [0.1, 0.15) is 11.6 Å². The number of Topliss-reactive ketones (excluding diaryl/α,β-unsaturated/α-hetero) is 2. The van der Waals surface area contributed by atoms with Crippen LogP contribution in [0.3, 0.4) is 0 Å². The molecule has 0 aromatic heterocycles. The van der Waals surface area contributed by atoms with Crippen LogP contribution < -0.4 is 0 Å². The van der Waals surface area contributed by atoms with Crippen molar-refractivity contribution in [1.29, 1.82) is 0 Å². The Bertz CT molecular complexity index is 309. The van der Waals surface area contributed by atoms with E-state index in [1.165, 1.54) is 19.3 Å². The summed E-state index contributed by atoms with van der Waals surface area (Å²) in [5.41, 5.74) is 0. The van der Waals surface area contributed by atoms with Crippen LogP contribution >= 0.6 is 0 Å². The van der Waals surface area contributed by atoms with Crippen molar-refractivity contribution in [2.75, 3.05) is 0 Å². The minimum absolute atomic E-state index is 0. The van der Waals surface area contributed by atoms with E-state index in [1.54, 1.807) is 6.92 Å². The van der Waals surface area contributed by atoms with Gasteiger partial charge in [-0.2, -0.15) is 0 Å². The van der Waals surface area contributed by atoms with Gasteiger partial charge in [-0.05, 0) is 38.0 Å². The number of hydrogen-bond donors (Lipinski definition) is 0. The number of hydrogen-bond acceptors (Lipinski definition) is 2. The molecular formula is C18H34O2. The zero-order valence-electron chi connectivity index (χ0n) is 13.1. The van der Waals surface area contributed by atoms with Crippen LogP contribution in [0.15, 0.2) is 0 Å². The highest BCUT2D eigenvalue weighted by Crippen LogP contribution is 2.35. The molecule has 0 amide bonds. The maximum Gasteiger partial charge on any atom is 0.136 e. The summed E-state index contributed by atoms with van der Waals surface area (Å²) >= 11 is 0. The molecule has 0 radical (unpaired) electrons. The Morgan fingerprint density at radius 1 is 1.15 bits per heavy atom. The Hall–Kier alpha value is -0.660. The van der Waals surface area contributed by atoms with Gasteiger partial charge in [-0.15, -0.1) is 0 Å². The average molecular weight is 282 g/mol. The second-order valence-electron chi connectivity index (χ2n) is 6.33. The van der Waals surface area contributed by atoms with Gasteiger partial charge >= 0.3 is 0 Å². The lowest BCUT2D eigenvalue weighted by Gasteiger charge is -2.31. The van der Waals surface area contributed by atoms with Gasteiger partial charge in [0, 0.05) is 18.3 Å². The highest BCUT2D eigenvalue weighted by Gasteiger charge is 2.31. The summed E-state index contributed by atoms with van der Waals surface area (Å²) in [5, 5.41) is 0. The fourth-order valence-electron chi connectivity index (χ4n) is 3.82. The quantitative estimate of drug-likeness (QED) is 0.655. The van der Waals surface area contributed by atoms with Crippen molar-refractivity contribution in [1.82, 2.24) is 0 Å². The molecule has 0 saturated heterocycles. The first-order valence-electron chi connectivity index (χ1n) is 8.04. The van der Waals surface area contributed by atoms with E-state index in [-0.39, 0.29) is 31.0 Å². The van der Waals surface area contributed by atoms with E-state index in [9.17, 15) is 9.59 Å². The molecule has 0 bridgehead atoms. The molecule has 0 heterocycles. The van der Waals surface area contributed by atoms with Crippen LogP contribution in [0.5, 0.6) is 0 Å². The standard InChI is InChI=1S/C17H30O2.CH4/c1-5-14-9-7-8-10-16(14)17(19)11-12(3)15(6-2)13(4)18;/h12,14-16H,5-11H2,1-4H3;1H4/t12-,14-,15+,16?;/m1./s1. The highest BCUT2D eigenvalue weighted by molar-refractivity contribution is 5.83. The van der Waals surface area contributed by atoms with Gasteiger partial charge in [-0.25, -0.2) is 0 Å². The second kappa shape index (κ2) is 9.31. The van der Waals surface area contributed by atoms with Crippen LogP contribution in [0.25, 0.3) is 0 Å². The largest absolute Gasteiger partial charge is 0.300 e. The van der Waals surface area contributed by atoms with Gasteiger partial charge < -0.3 is 0 Å². The van der Waals surface area contributed by atoms with Gasteiger partial charge in [-0.3, -0.25) is 9.59 Å². The predicted molar refractivity (Wildman–Crippen MR) is 85.7 cm³/mol. The minimum atomic E-state index is 0. The summed E-state index contributed by atoms with van der Waals surface area (Å²) in [6.07, 6.45) is 7.33. The summed E-state index contributed by atoms with van der Waals surface area (Å²) in [5.74, 6) is 1.77. The fourth-order valence-corrected chi connectivity index (χ4v) is 3.82. The fraction of sp³-hybridized carbons (Fsp3) is 0.889. The Labute approximate surface area is 125 Å². The van der Waals surface area contributed by atoms with E-state index in [2.05, 4.69) is 13.8 Å². The van der Waals surface area contributed by atoms with E-state index in [1.807, 2.05) is 6.92 Å². The van der Waals surface area contributed by atoms with E-state index >= 15 is 0 Å². The third-order valence-corrected chi connectivity index (χ3v) is 5.02. The van der Waals surface area contributed by atoms with E-state index in [4.69, 9.17) is 0 Å². The molecule has 1 aliphatic rings. The van der Waals surface area contributed by atoms with Crippen LogP contribution in [0.1, 0.15) is 80.1 Å². The van der Waals surface area contributed by atoms with E-state index < -0.39 is 0 Å². The van der Waals surface area contributed by atoms with Crippen LogP contribution in [0.4, 0.5) is 0 Å². The molecule has 4 atom stereocenters. The van der Waals surface area contributed by atoms with Gasteiger partial charge in [0.05, 0.1) is 0 Å². The Balaban J connectivity index is 0.00000361. The molecule has 1 unspecified atom stereocenters. The summed E-state index contributed by atoms with van der Waals surface area (Å²) in [6, 6.07) is 0. The van der Waals surface area contributed by atoms with Crippen molar-refractivity contribution >= 4 is 11.6 Å². The SMILES string of the molecule is C.CC[C@@H]1CCCCC1C(=O)C[C@@H](C)[C@H](CC)C(C)=O. The third-order valence-electron chi connectivity index (χ3n) is 5.02. The number of carbonyl (C=O) groups is 2. The molecule has 118 valence electrons. The van der Waals surface area contributed by atoms with Crippen molar-refractivity contribution in [3.05, 3.63) is 0 Å². The van der Waals surface area contributed by atoms with Crippen LogP contribution in [0, 0.1) is 23.7 Å². The molecule has 1 aliphatic carbocycles. The van der Waals surface area contributed by atoms with Crippen molar-refractivity contribution < 1.29 is 9.59 Å². The normalized spacial score (nSPS) is 25.4. The molecule has 2 nitrogen and oxygen atoms in total. The first-order chi connectivity index (χ1) is 9.01. The number of ketones is 2. The highest BCUT2D eigenvalue weighted by atomic mass is 16.1. The summed E-state index contributed by atoms with van der Waals surface area (Å²) in [4.78, 5) is 24.1. The average Bonchev–Trinajstić information content (AvgIpc) is 2.38. The van der Waals surface area contributed by atoms with Gasteiger partial charge in [-0.1, -0.05) is 47.5 Å². The molecular weight excluding hydrogens is 248 g/mol. The molecule has 1 fully saturated rings. The molecule has 0 N–H and O–H groups in total. The topological polar surface area (TPSA) is 34.1 Å². The Morgan fingerprint density at radius 3 is 2.25 bits per heavy atom. The Kier molecular flexibility index (Phi) is 9.00. The lowest BCUT2D eigenvalue weighted by molar-refractivity contribution is -0.128. The van der Waals surface area contributed by atoms with Gasteiger partial charge in [0.2, 0.25) is 0 Å². The number of rotatable bonds is 7. The second-order valence-corrected chi connectivity index (χ2v) is 6.33. The molecule has 0 aliphatic heterocycles. The van der Waals surface area contributed by atoms with Crippen molar-refractivity contribution in [3.63, 3.8) is 0 Å². The van der Waals surface area contributed by atoms with Crippen molar-refractivity contribution in [2.24, 2.45) is 23.7 Å². The lowest BCUT2D eigenvalue weighted by Crippen LogP contribution is -2.30. The molecule has 2 heteroatoms. The molecule has 0 aromatic carbocycles. The third kappa shape index (κ3) is 5.03. The maximum atomic E-state index is 12.5. The summed E-state index contributed by atoms with van der Waals surface area (Å²) in [7, 11) is 0. The lowest BCUT2D eigenvalue weighted by atomic mass is 9.73. The summed E-state index contributed by atoms with van der Waals surface area (Å²) < 4.78 is 0. The smallest absolute Gasteiger partial charge is 0.136 e. The van der Waals surface area contributed by atoms with Gasteiger partial charge in [0.15, 0.2) is 0 Å². The maximum absolute atomic E-state index is 12.5. The molecule has 20 heavy (non-hydrogen) atoms. The first-order valence-corrected chi connectivity index (χ1v) is 8.04. The van der Waals surface area contributed by atoms with Crippen molar-refractivity contribution in [3.8, 4) is 0 Å². The zero-order chi connectivity index (χ0) is 14.4. The zero-order valence-corrected chi connectivity index (χ0v) is 13.1. The van der Waals surface area contributed by atoms with Crippen LogP contribution in [0.2, 0.25) is 0 Å². The molecule has 1 rings (SSSR count). The van der Waals surface area contributed by atoms with Crippen molar-refractivity contribution in [2.45, 2.75) is 80.1 Å². The number of carbonyl (C=O) groups excluding carboxylic acids is 2. The van der Waals surface area contributed by atoms with Crippen LogP contribution in [-0.4, -0.2) is 11.6 Å². The van der Waals surface area contributed by atoms with Crippen LogP contribution in [-0.2, 0) is 9.59 Å². The molecule has 0 spiro atoms. The monoisotopic (exact) mass is 282 g/mol. The molecule has 1 saturated carbocycles. The summed E-state index contributed by atoms with van der Waals surface area (Å²) in [6.45, 7) is 7.97. The van der Waals surface area contributed by atoms with E-state index in [0.29, 0.717) is 18.1 Å². The van der Waals surface area contributed by atoms with E-state index in [0.717, 1.165) is 19.3 Å².